The van der Waals surface area contributed by atoms with Crippen molar-refractivity contribution in [3.8, 4) is 16.9 Å². The van der Waals surface area contributed by atoms with Gasteiger partial charge in [0, 0.05) is 62.5 Å². The summed E-state index contributed by atoms with van der Waals surface area (Å²) >= 11 is 0. The third-order valence-corrected chi connectivity index (χ3v) is 9.63. The van der Waals surface area contributed by atoms with E-state index in [0.29, 0.717) is 58.1 Å². The molecule has 45 heavy (non-hydrogen) atoms. The Hall–Kier alpha value is -4.12. The monoisotopic (exact) mass is 615 g/mol. The van der Waals surface area contributed by atoms with Crippen molar-refractivity contribution >= 4 is 28.9 Å². The number of ketones is 1. The summed E-state index contributed by atoms with van der Waals surface area (Å²) in [6.07, 6.45) is 5.68. The van der Waals surface area contributed by atoms with Gasteiger partial charge in [-0.25, -0.2) is 14.6 Å². The summed E-state index contributed by atoms with van der Waals surface area (Å²) in [6.45, 7) is 8.75. The van der Waals surface area contributed by atoms with Gasteiger partial charge in [0.2, 0.25) is 0 Å². The Morgan fingerprint density at radius 1 is 1.04 bits per heavy atom. The quantitative estimate of drug-likeness (QED) is 0.444. The number of rotatable bonds is 3. The molecule has 3 fully saturated rings. The third-order valence-electron chi connectivity index (χ3n) is 9.63. The first-order valence-corrected chi connectivity index (χ1v) is 15.9. The van der Waals surface area contributed by atoms with Crippen molar-refractivity contribution in [1.82, 2.24) is 24.7 Å². The van der Waals surface area contributed by atoms with E-state index in [-0.39, 0.29) is 30.0 Å². The van der Waals surface area contributed by atoms with Crippen LogP contribution >= 0.6 is 0 Å². The second kappa shape index (κ2) is 11.3. The van der Waals surface area contributed by atoms with Crippen molar-refractivity contribution in [3.63, 3.8) is 0 Å². The molecule has 2 aromatic heterocycles. The fourth-order valence-electron chi connectivity index (χ4n) is 7.38. The summed E-state index contributed by atoms with van der Waals surface area (Å²) in [6, 6.07) is 5.96. The molecule has 5 heterocycles. The van der Waals surface area contributed by atoms with Crippen LogP contribution in [0.3, 0.4) is 0 Å². The molecule has 7 rings (SSSR count). The highest BCUT2D eigenvalue weighted by Crippen LogP contribution is 2.39. The Morgan fingerprint density at radius 3 is 2.56 bits per heavy atom. The lowest BCUT2D eigenvalue weighted by atomic mass is 9.87. The third kappa shape index (κ3) is 5.51. The van der Waals surface area contributed by atoms with E-state index in [2.05, 4.69) is 28.2 Å². The fraction of sp³-hybridized carbons (Fsp3) is 0.529. The van der Waals surface area contributed by atoms with Crippen LogP contribution in [0, 0.1) is 11.8 Å². The summed E-state index contributed by atoms with van der Waals surface area (Å²) in [5, 5.41) is 0.886. The molecule has 3 aromatic rings. The molecule has 2 bridgehead atoms. The number of hydrogen-bond acceptors (Lipinski definition) is 7. The number of pyridine rings is 1. The van der Waals surface area contributed by atoms with Gasteiger partial charge in [-0.2, -0.15) is 0 Å². The fourth-order valence-corrected chi connectivity index (χ4v) is 7.38. The second-order valence-electron chi connectivity index (χ2n) is 13.7. The van der Waals surface area contributed by atoms with Gasteiger partial charge in [-0.3, -0.25) is 9.69 Å². The first-order chi connectivity index (χ1) is 21.6. The molecular formula is C34H41N5O6. The maximum Gasteiger partial charge on any atom is 0.410 e. The molecule has 2 saturated heterocycles. The lowest BCUT2D eigenvalue weighted by Gasteiger charge is -2.41. The van der Waals surface area contributed by atoms with Crippen LogP contribution in [0.4, 0.5) is 9.59 Å². The van der Waals surface area contributed by atoms with Crippen molar-refractivity contribution in [2.24, 2.45) is 11.8 Å². The Morgan fingerprint density at radius 2 is 1.82 bits per heavy atom. The van der Waals surface area contributed by atoms with E-state index in [1.165, 1.54) is 0 Å². The highest BCUT2D eigenvalue weighted by atomic mass is 16.6. The molecule has 11 nitrogen and oxygen atoms in total. The number of amides is 3. The molecule has 3 atom stereocenters. The van der Waals surface area contributed by atoms with Crippen LogP contribution in [0.2, 0.25) is 0 Å². The number of benzene rings is 1. The van der Waals surface area contributed by atoms with Crippen LogP contribution in [0.25, 0.3) is 22.2 Å². The standard InChI is InChI=1S/C34H41N5O6/c1-34(2,3)45-33(42)39-9-10-44-19-28(39)25-12-23(24-13-26-29(43-4)15-36-31(26)35-14-24)11-20-7-8-37(18-27(20)25)32(41)38-16-21-5-6-22(17-38)30(21)40/h11-15,21-22,28H,5-10,16-19H2,1-4H3,(H,35,36)/t21?,22?,28-/m0/s1. The maximum atomic E-state index is 13.9. The van der Waals surface area contributed by atoms with Crippen molar-refractivity contribution in [3.05, 3.63) is 47.3 Å². The number of urea groups is 1. The van der Waals surface area contributed by atoms with E-state index < -0.39 is 5.60 Å². The van der Waals surface area contributed by atoms with Crippen molar-refractivity contribution in [1.29, 1.82) is 0 Å². The Bertz CT molecular complexity index is 1640. The van der Waals surface area contributed by atoms with E-state index >= 15 is 0 Å². The number of morpholine rings is 1. The normalized spacial score (nSPS) is 23.3. The molecule has 1 aliphatic carbocycles. The number of H-pyrrole nitrogens is 1. The van der Waals surface area contributed by atoms with E-state index in [1.54, 1.807) is 18.2 Å². The largest absolute Gasteiger partial charge is 0.494 e. The Labute approximate surface area is 262 Å². The first-order valence-electron chi connectivity index (χ1n) is 15.9. The molecule has 4 aliphatic rings. The van der Waals surface area contributed by atoms with E-state index in [1.807, 2.05) is 36.8 Å². The lowest BCUT2D eigenvalue weighted by Crippen LogP contribution is -2.52. The number of carbonyl (C=O) groups is 3. The summed E-state index contributed by atoms with van der Waals surface area (Å²) in [5.41, 5.74) is 5.12. The van der Waals surface area contributed by atoms with Gasteiger partial charge in [-0.15, -0.1) is 0 Å². The molecule has 2 unspecified atom stereocenters. The molecular weight excluding hydrogens is 574 g/mol. The first kappa shape index (κ1) is 29.6. The number of aromatic nitrogens is 2. The number of methoxy groups -OCH3 is 1. The number of Topliss-reactive ketones (excluding diaryl/α,β-unsaturated/α-hetero) is 1. The molecule has 238 valence electrons. The molecule has 11 heteroatoms. The Kier molecular flexibility index (Phi) is 7.46. The average molecular weight is 616 g/mol. The van der Waals surface area contributed by atoms with E-state index in [0.717, 1.165) is 57.4 Å². The number of fused-ring (bicyclic) bond motifs is 4. The highest BCUT2D eigenvalue weighted by Gasteiger charge is 2.43. The molecule has 0 spiro atoms. The van der Waals surface area contributed by atoms with Crippen molar-refractivity contribution < 1.29 is 28.6 Å². The van der Waals surface area contributed by atoms with Crippen molar-refractivity contribution in [2.45, 2.75) is 58.2 Å². The van der Waals surface area contributed by atoms with Crippen LogP contribution in [-0.4, -0.2) is 94.7 Å². The number of nitrogens with one attached hydrogen (secondary N) is 1. The molecule has 3 amide bonds. The van der Waals surface area contributed by atoms with Gasteiger partial charge in [0.05, 0.1) is 31.8 Å². The number of hydrogen-bond donors (Lipinski definition) is 1. The molecule has 1 N–H and O–H groups in total. The van der Waals surface area contributed by atoms with Crippen LogP contribution < -0.4 is 4.74 Å². The predicted octanol–water partition coefficient (Wildman–Crippen LogP) is 4.94. The molecule has 1 saturated carbocycles. The van der Waals surface area contributed by atoms with E-state index in [4.69, 9.17) is 14.2 Å². The van der Waals surface area contributed by atoms with Gasteiger partial charge < -0.3 is 29.0 Å². The van der Waals surface area contributed by atoms with Crippen LogP contribution in [0.5, 0.6) is 5.75 Å². The number of piperidine rings is 1. The van der Waals surface area contributed by atoms with E-state index in [9.17, 15) is 14.4 Å². The minimum Gasteiger partial charge on any atom is -0.494 e. The van der Waals surface area contributed by atoms with Crippen LogP contribution in [0.15, 0.2) is 30.6 Å². The molecule has 3 aliphatic heterocycles. The number of nitrogens with zero attached hydrogens (tertiary/aromatic N) is 4. The van der Waals surface area contributed by atoms with Gasteiger partial charge in [0.1, 0.15) is 22.8 Å². The zero-order valence-electron chi connectivity index (χ0n) is 26.4. The summed E-state index contributed by atoms with van der Waals surface area (Å²) in [5.74, 6) is 0.974. The SMILES string of the molecule is COc1c[nH]c2ncc(-c3cc4c(c([C@@H]5COCCN5C(=O)OC(C)(C)C)c3)CN(C(=O)N3CC5CCC(C3)C5=O)CC4)cc12. The average Bonchev–Trinajstić information content (AvgIpc) is 3.51. The minimum atomic E-state index is -0.642. The second-order valence-corrected chi connectivity index (χ2v) is 13.7. The number of likely N-dealkylation sites (tertiary alicyclic amines) is 1. The van der Waals surface area contributed by atoms with Crippen molar-refractivity contribution in [2.75, 3.05) is 46.5 Å². The van der Waals surface area contributed by atoms with Crippen LogP contribution in [0.1, 0.15) is 56.3 Å². The zero-order chi connectivity index (χ0) is 31.5. The van der Waals surface area contributed by atoms with Gasteiger partial charge in [0.15, 0.2) is 0 Å². The highest BCUT2D eigenvalue weighted by molar-refractivity contribution is 5.89. The zero-order valence-corrected chi connectivity index (χ0v) is 26.4. The molecule has 0 radical (unpaired) electrons. The van der Waals surface area contributed by atoms with Gasteiger partial charge in [0.25, 0.3) is 0 Å². The Balaban J connectivity index is 1.27. The van der Waals surface area contributed by atoms with Gasteiger partial charge in [-0.05, 0) is 74.4 Å². The maximum absolute atomic E-state index is 13.9. The van der Waals surface area contributed by atoms with Crippen LogP contribution in [-0.2, 0) is 27.2 Å². The number of ether oxygens (including phenoxy) is 3. The van der Waals surface area contributed by atoms with Gasteiger partial charge >= 0.3 is 12.1 Å². The topological polar surface area (TPSA) is 117 Å². The predicted molar refractivity (Wildman–Crippen MR) is 167 cm³/mol. The molecule has 1 aromatic carbocycles. The summed E-state index contributed by atoms with van der Waals surface area (Å²) < 4.78 is 17.3. The minimum absolute atomic E-state index is 0.0156. The lowest BCUT2D eigenvalue weighted by molar-refractivity contribution is -0.126. The number of carbonyl (C=O) groups excluding carboxylic acids is 3. The smallest absolute Gasteiger partial charge is 0.410 e. The summed E-state index contributed by atoms with van der Waals surface area (Å²) in [7, 11) is 1.64. The summed E-state index contributed by atoms with van der Waals surface area (Å²) in [4.78, 5) is 53.2. The van der Waals surface area contributed by atoms with Gasteiger partial charge in [-0.1, -0.05) is 6.07 Å². The number of aromatic amines is 1.